The Labute approximate surface area is 135 Å². The van der Waals surface area contributed by atoms with Gasteiger partial charge in [-0.2, -0.15) is 10.1 Å². The van der Waals surface area contributed by atoms with Crippen molar-refractivity contribution in [1.29, 1.82) is 0 Å². The van der Waals surface area contributed by atoms with Crippen molar-refractivity contribution in [3.05, 3.63) is 35.5 Å². The highest BCUT2D eigenvalue weighted by Crippen LogP contribution is 2.21. The molecule has 2 N–H and O–H groups in total. The summed E-state index contributed by atoms with van der Waals surface area (Å²) in [5.41, 5.74) is 3.22. The Balaban J connectivity index is 1.74. The van der Waals surface area contributed by atoms with Gasteiger partial charge in [0.25, 0.3) is 0 Å². The third kappa shape index (κ3) is 3.76. The van der Waals surface area contributed by atoms with Crippen LogP contribution in [0.25, 0.3) is 0 Å². The highest BCUT2D eigenvalue weighted by atomic mass is 32.2. The van der Waals surface area contributed by atoms with E-state index in [4.69, 9.17) is 0 Å². The molecule has 1 aromatic carbocycles. The predicted octanol–water partition coefficient (Wildman–Crippen LogP) is 1.83. The smallest absolute Gasteiger partial charge is 0.249 e. The highest BCUT2D eigenvalue weighted by molar-refractivity contribution is 7.91. The number of anilines is 3. The first-order chi connectivity index (χ1) is 10.9. The summed E-state index contributed by atoms with van der Waals surface area (Å²) in [4.78, 5) is 4.36. The van der Waals surface area contributed by atoms with Crippen molar-refractivity contribution in [2.45, 2.75) is 26.3 Å². The zero-order valence-electron chi connectivity index (χ0n) is 13.1. The molecule has 1 aliphatic heterocycles. The molecule has 2 heterocycles. The number of aromatic nitrogens is 3. The van der Waals surface area contributed by atoms with Crippen molar-refractivity contribution in [2.75, 3.05) is 22.1 Å². The van der Waals surface area contributed by atoms with E-state index in [9.17, 15) is 8.42 Å². The van der Waals surface area contributed by atoms with Gasteiger partial charge in [0.05, 0.1) is 17.7 Å². The molecule has 8 heteroatoms. The fraction of sp³-hybridized carbons (Fsp3) is 0.400. The molecule has 0 saturated carbocycles. The van der Waals surface area contributed by atoms with Gasteiger partial charge in [-0.05, 0) is 37.5 Å². The molecule has 7 nitrogen and oxygen atoms in total. The minimum atomic E-state index is -2.93. The number of nitrogens with one attached hydrogen (secondary N) is 2. The molecule has 0 spiro atoms. The maximum Gasteiger partial charge on any atom is 0.249 e. The van der Waals surface area contributed by atoms with Crippen molar-refractivity contribution < 1.29 is 8.42 Å². The SMILES string of the molecule is Cc1cccc(Nc2nncc(NC3CCS(=O)(=O)C3)n2)c1C. The molecule has 0 amide bonds. The second kappa shape index (κ2) is 6.11. The van der Waals surface area contributed by atoms with Gasteiger partial charge in [-0.15, -0.1) is 5.10 Å². The Morgan fingerprint density at radius 1 is 1.26 bits per heavy atom. The van der Waals surface area contributed by atoms with Gasteiger partial charge < -0.3 is 10.6 Å². The Morgan fingerprint density at radius 2 is 2.09 bits per heavy atom. The van der Waals surface area contributed by atoms with E-state index < -0.39 is 9.84 Å². The second-order valence-corrected chi connectivity index (χ2v) is 8.01. The first-order valence-electron chi connectivity index (χ1n) is 7.43. The summed E-state index contributed by atoms with van der Waals surface area (Å²) >= 11 is 0. The van der Waals surface area contributed by atoms with E-state index in [1.54, 1.807) is 0 Å². The average Bonchev–Trinajstić information content (AvgIpc) is 2.83. The molecule has 1 aromatic heterocycles. The van der Waals surface area contributed by atoms with Crippen molar-refractivity contribution in [3.63, 3.8) is 0 Å². The molecule has 0 radical (unpaired) electrons. The van der Waals surface area contributed by atoms with E-state index in [0.29, 0.717) is 18.2 Å². The molecule has 1 aliphatic rings. The largest absolute Gasteiger partial charge is 0.365 e. The monoisotopic (exact) mass is 333 g/mol. The molecule has 1 atom stereocenters. The van der Waals surface area contributed by atoms with Crippen LogP contribution in [0.5, 0.6) is 0 Å². The molecule has 3 rings (SSSR count). The number of hydrogen-bond acceptors (Lipinski definition) is 7. The van der Waals surface area contributed by atoms with E-state index >= 15 is 0 Å². The van der Waals surface area contributed by atoms with Gasteiger partial charge >= 0.3 is 0 Å². The molecule has 122 valence electrons. The second-order valence-electron chi connectivity index (χ2n) is 5.78. The van der Waals surface area contributed by atoms with Crippen molar-refractivity contribution in [1.82, 2.24) is 15.2 Å². The van der Waals surface area contributed by atoms with E-state index in [-0.39, 0.29) is 17.5 Å². The van der Waals surface area contributed by atoms with Gasteiger partial charge in [-0.1, -0.05) is 12.1 Å². The third-order valence-electron chi connectivity index (χ3n) is 3.99. The fourth-order valence-electron chi connectivity index (χ4n) is 2.55. The first-order valence-corrected chi connectivity index (χ1v) is 9.25. The van der Waals surface area contributed by atoms with Gasteiger partial charge in [-0.25, -0.2) is 8.42 Å². The Morgan fingerprint density at radius 3 is 2.83 bits per heavy atom. The standard InChI is InChI=1S/C15H19N5O2S/c1-10-4-3-5-13(11(10)2)18-15-19-14(8-16-20-15)17-12-6-7-23(21,22)9-12/h3-5,8,12H,6-7,9H2,1-2H3,(H2,17,18,19,20). The zero-order chi connectivity index (χ0) is 16.4. The molecule has 1 unspecified atom stereocenters. The van der Waals surface area contributed by atoms with Crippen LogP contribution in [0, 0.1) is 13.8 Å². The lowest BCUT2D eigenvalue weighted by Crippen LogP contribution is -2.21. The predicted molar refractivity (Wildman–Crippen MR) is 89.7 cm³/mol. The van der Waals surface area contributed by atoms with Gasteiger partial charge in [0.1, 0.15) is 0 Å². The van der Waals surface area contributed by atoms with Gasteiger partial charge in [0.2, 0.25) is 5.95 Å². The summed E-state index contributed by atoms with van der Waals surface area (Å²) in [6.45, 7) is 4.06. The normalized spacial score (nSPS) is 19.5. The molecule has 23 heavy (non-hydrogen) atoms. The number of hydrogen-bond donors (Lipinski definition) is 2. The summed E-state index contributed by atoms with van der Waals surface area (Å²) in [7, 11) is -2.93. The van der Waals surface area contributed by atoms with Gasteiger partial charge in [-0.3, -0.25) is 0 Å². The number of sulfone groups is 1. The van der Waals surface area contributed by atoms with Crippen LogP contribution in [0.15, 0.2) is 24.4 Å². The Hall–Kier alpha value is -2.22. The van der Waals surface area contributed by atoms with E-state index in [1.807, 2.05) is 32.0 Å². The van der Waals surface area contributed by atoms with Crippen molar-refractivity contribution in [3.8, 4) is 0 Å². The van der Waals surface area contributed by atoms with Crippen LogP contribution in [0.4, 0.5) is 17.5 Å². The Kier molecular flexibility index (Phi) is 4.16. The van der Waals surface area contributed by atoms with Crippen LogP contribution in [0.1, 0.15) is 17.5 Å². The fourth-order valence-corrected chi connectivity index (χ4v) is 4.22. The van der Waals surface area contributed by atoms with Crippen LogP contribution < -0.4 is 10.6 Å². The summed E-state index contributed by atoms with van der Waals surface area (Å²) in [6.07, 6.45) is 2.09. The van der Waals surface area contributed by atoms with Gasteiger partial charge in [0.15, 0.2) is 15.7 Å². The molecule has 1 fully saturated rings. The van der Waals surface area contributed by atoms with Crippen LogP contribution in [-0.4, -0.2) is 41.1 Å². The summed E-state index contributed by atoms with van der Waals surface area (Å²) in [5, 5.41) is 14.2. The van der Waals surface area contributed by atoms with Crippen LogP contribution >= 0.6 is 0 Å². The maximum absolute atomic E-state index is 11.5. The molecule has 0 bridgehead atoms. The molecular formula is C15H19N5O2S. The van der Waals surface area contributed by atoms with Crippen LogP contribution in [-0.2, 0) is 9.84 Å². The maximum atomic E-state index is 11.5. The lowest BCUT2D eigenvalue weighted by Gasteiger charge is -2.13. The van der Waals surface area contributed by atoms with E-state index in [2.05, 4.69) is 25.8 Å². The number of aryl methyl sites for hydroxylation is 1. The number of rotatable bonds is 4. The highest BCUT2D eigenvalue weighted by Gasteiger charge is 2.28. The average molecular weight is 333 g/mol. The van der Waals surface area contributed by atoms with Crippen LogP contribution in [0.2, 0.25) is 0 Å². The molecule has 0 aliphatic carbocycles. The lowest BCUT2D eigenvalue weighted by molar-refractivity contribution is 0.602. The van der Waals surface area contributed by atoms with Crippen molar-refractivity contribution >= 4 is 27.3 Å². The minimum Gasteiger partial charge on any atom is -0.365 e. The Bertz CT molecular complexity index is 822. The zero-order valence-corrected chi connectivity index (χ0v) is 13.9. The summed E-state index contributed by atoms with van der Waals surface area (Å²) in [5.74, 6) is 1.26. The van der Waals surface area contributed by atoms with Gasteiger partial charge in [0, 0.05) is 11.7 Å². The van der Waals surface area contributed by atoms with Crippen molar-refractivity contribution in [2.24, 2.45) is 0 Å². The minimum absolute atomic E-state index is 0.120. The quantitative estimate of drug-likeness (QED) is 0.881. The third-order valence-corrected chi connectivity index (χ3v) is 5.76. The topological polar surface area (TPSA) is 96.9 Å². The summed E-state index contributed by atoms with van der Waals surface area (Å²) in [6, 6.07) is 5.84. The summed E-state index contributed by atoms with van der Waals surface area (Å²) < 4.78 is 23.0. The van der Waals surface area contributed by atoms with E-state index in [1.165, 1.54) is 11.8 Å². The molecule has 1 saturated heterocycles. The molecular weight excluding hydrogens is 314 g/mol. The molecule has 2 aromatic rings. The number of nitrogens with zero attached hydrogens (tertiary/aromatic N) is 3. The van der Waals surface area contributed by atoms with E-state index in [0.717, 1.165) is 11.3 Å². The number of benzene rings is 1. The lowest BCUT2D eigenvalue weighted by atomic mass is 10.1. The first kappa shape index (κ1) is 15.7. The van der Waals surface area contributed by atoms with Crippen LogP contribution in [0.3, 0.4) is 0 Å².